The lowest BCUT2D eigenvalue weighted by Crippen LogP contribution is -2.45. The van der Waals surface area contributed by atoms with Crippen LogP contribution >= 0.6 is 0 Å². The third-order valence-electron chi connectivity index (χ3n) is 8.09. The Bertz CT molecular complexity index is 1460. The zero-order valence-corrected chi connectivity index (χ0v) is 21.7. The molecule has 5 rings (SSSR count). The van der Waals surface area contributed by atoms with Crippen LogP contribution < -0.4 is 15.4 Å². The van der Waals surface area contributed by atoms with Gasteiger partial charge >= 0.3 is 0 Å². The van der Waals surface area contributed by atoms with Crippen LogP contribution in [0.3, 0.4) is 0 Å². The predicted molar refractivity (Wildman–Crippen MR) is 144 cm³/mol. The van der Waals surface area contributed by atoms with E-state index in [2.05, 4.69) is 22.0 Å². The smallest absolute Gasteiger partial charge is 0.270 e. The Kier molecular flexibility index (Phi) is 7.31. The Morgan fingerprint density at radius 2 is 1.76 bits per heavy atom. The summed E-state index contributed by atoms with van der Waals surface area (Å²) >= 11 is 0. The number of ether oxygens (including phenoxy) is 1. The van der Waals surface area contributed by atoms with Crippen LogP contribution in [0.4, 0.5) is 15.8 Å². The van der Waals surface area contributed by atoms with Crippen molar-refractivity contribution in [3.05, 3.63) is 63.8 Å². The first-order valence-corrected chi connectivity index (χ1v) is 13.1. The molecule has 1 aliphatic carbocycles. The quantitative estimate of drug-likeness (QED) is 0.488. The van der Waals surface area contributed by atoms with Crippen LogP contribution in [0, 0.1) is 34.4 Å². The molecule has 0 bridgehead atoms. The topological polar surface area (TPSA) is 98.2 Å². The third kappa shape index (κ3) is 4.82. The molecule has 3 heterocycles. The molecule has 0 unspecified atom stereocenters. The number of pyridine rings is 2. The van der Waals surface area contributed by atoms with Crippen molar-refractivity contribution in [3.63, 3.8) is 0 Å². The number of nitrogens with zero attached hydrogens (tertiary/aromatic N) is 6. The van der Waals surface area contributed by atoms with E-state index in [1.165, 1.54) is 16.7 Å². The Morgan fingerprint density at radius 1 is 1.05 bits per heavy atom. The van der Waals surface area contributed by atoms with Gasteiger partial charge in [-0.25, -0.2) is 9.37 Å². The molecule has 1 aromatic carbocycles. The van der Waals surface area contributed by atoms with Gasteiger partial charge in [0.25, 0.3) is 5.56 Å². The van der Waals surface area contributed by atoms with E-state index in [9.17, 15) is 19.7 Å². The molecule has 1 saturated heterocycles. The molecule has 9 heteroatoms. The average molecular weight is 515 g/mol. The van der Waals surface area contributed by atoms with E-state index in [0.717, 1.165) is 57.6 Å². The van der Waals surface area contributed by atoms with Gasteiger partial charge in [-0.15, -0.1) is 0 Å². The Balaban J connectivity index is 1.42. The zero-order valence-electron chi connectivity index (χ0n) is 21.7. The number of aromatic nitrogens is 2. The molecule has 2 aliphatic rings. The van der Waals surface area contributed by atoms with Crippen molar-refractivity contribution in [2.24, 2.45) is 13.0 Å². The van der Waals surface area contributed by atoms with Crippen LogP contribution in [-0.2, 0) is 11.8 Å². The van der Waals surface area contributed by atoms with Gasteiger partial charge in [0.1, 0.15) is 34.7 Å². The molecule has 2 fully saturated rings. The summed E-state index contributed by atoms with van der Waals surface area (Å²) in [4.78, 5) is 22.0. The maximum atomic E-state index is 13.7. The van der Waals surface area contributed by atoms with Crippen molar-refractivity contribution in [2.75, 3.05) is 36.6 Å². The molecule has 0 amide bonds. The first kappa shape index (κ1) is 25.7. The molecular weight excluding hydrogens is 483 g/mol. The van der Waals surface area contributed by atoms with Gasteiger partial charge in [0.15, 0.2) is 0 Å². The molecule has 1 aliphatic heterocycles. The molecule has 196 valence electrons. The molecule has 0 spiro atoms. The SMILES string of the molecule is CN(c1c(C#N)c(=O)n(C)c2ccc(C#N)nc12)C1CCC(N(C[C@@H]2CCOC2)c2ccc(F)cc2)CC1. The number of halogens is 1. The Morgan fingerprint density at radius 3 is 2.39 bits per heavy atom. The highest BCUT2D eigenvalue weighted by Gasteiger charge is 2.32. The maximum absolute atomic E-state index is 13.7. The summed E-state index contributed by atoms with van der Waals surface area (Å²) in [5, 5.41) is 19.4. The van der Waals surface area contributed by atoms with E-state index >= 15 is 0 Å². The summed E-state index contributed by atoms with van der Waals surface area (Å²) in [6.45, 7) is 2.41. The molecule has 3 aromatic rings. The lowest BCUT2D eigenvalue weighted by Gasteiger charge is -2.42. The van der Waals surface area contributed by atoms with Crippen LogP contribution in [0.25, 0.3) is 11.0 Å². The van der Waals surface area contributed by atoms with Crippen molar-refractivity contribution >= 4 is 22.4 Å². The second-order valence-electron chi connectivity index (χ2n) is 10.3. The first-order chi connectivity index (χ1) is 18.4. The molecule has 38 heavy (non-hydrogen) atoms. The number of nitriles is 2. The molecule has 0 N–H and O–H groups in total. The average Bonchev–Trinajstić information content (AvgIpc) is 3.47. The van der Waals surface area contributed by atoms with Gasteiger partial charge in [-0.1, -0.05) is 0 Å². The fraction of sp³-hybridized carbons (Fsp3) is 0.448. The highest BCUT2D eigenvalue weighted by molar-refractivity contribution is 5.92. The normalized spacial score (nSPS) is 21.1. The summed E-state index contributed by atoms with van der Waals surface area (Å²) in [5.41, 5.74) is 2.50. The van der Waals surface area contributed by atoms with Crippen LogP contribution in [-0.4, -0.2) is 48.4 Å². The fourth-order valence-corrected chi connectivity index (χ4v) is 5.94. The van der Waals surface area contributed by atoms with Crippen LogP contribution in [0.2, 0.25) is 0 Å². The van der Waals surface area contributed by atoms with E-state index in [0.29, 0.717) is 28.7 Å². The molecule has 1 atom stereocenters. The molecule has 1 saturated carbocycles. The van der Waals surface area contributed by atoms with Gasteiger partial charge in [-0.3, -0.25) is 4.79 Å². The van der Waals surface area contributed by atoms with Crippen molar-refractivity contribution < 1.29 is 9.13 Å². The number of fused-ring (bicyclic) bond motifs is 1. The summed E-state index contributed by atoms with van der Waals surface area (Å²) in [5.74, 6) is 0.205. The highest BCUT2D eigenvalue weighted by Crippen LogP contribution is 2.35. The third-order valence-corrected chi connectivity index (χ3v) is 8.09. The van der Waals surface area contributed by atoms with Gasteiger partial charge in [0.05, 0.1) is 17.8 Å². The number of anilines is 2. The van der Waals surface area contributed by atoms with Crippen LogP contribution in [0.5, 0.6) is 0 Å². The first-order valence-electron chi connectivity index (χ1n) is 13.1. The second kappa shape index (κ2) is 10.8. The van der Waals surface area contributed by atoms with Crippen molar-refractivity contribution in [3.8, 4) is 12.1 Å². The van der Waals surface area contributed by atoms with Crippen molar-refractivity contribution in [2.45, 2.75) is 44.2 Å². The minimum absolute atomic E-state index is 0.0429. The maximum Gasteiger partial charge on any atom is 0.270 e. The van der Waals surface area contributed by atoms with E-state index in [-0.39, 0.29) is 28.7 Å². The number of benzene rings is 1. The van der Waals surface area contributed by atoms with Gasteiger partial charge in [0.2, 0.25) is 0 Å². The van der Waals surface area contributed by atoms with Gasteiger partial charge in [-0.05, 0) is 68.5 Å². The number of rotatable bonds is 6. The Labute approximate surface area is 221 Å². The molecule has 0 radical (unpaired) electrons. The molecule has 2 aromatic heterocycles. The minimum Gasteiger partial charge on any atom is -0.381 e. The predicted octanol–water partition coefficient (Wildman–Crippen LogP) is 4.11. The zero-order chi connectivity index (χ0) is 26.8. The van der Waals surface area contributed by atoms with E-state index in [1.54, 1.807) is 19.2 Å². The lowest BCUT2D eigenvalue weighted by molar-refractivity contribution is 0.185. The van der Waals surface area contributed by atoms with Crippen molar-refractivity contribution in [1.82, 2.24) is 9.55 Å². The van der Waals surface area contributed by atoms with E-state index in [1.807, 2.05) is 24.1 Å². The molecular formula is C29H31FN6O2. The summed E-state index contributed by atoms with van der Waals surface area (Å²) < 4.78 is 20.7. The van der Waals surface area contributed by atoms with Gasteiger partial charge < -0.3 is 19.1 Å². The van der Waals surface area contributed by atoms with Gasteiger partial charge in [0, 0.05) is 50.9 Å². The minimum atomic E-state index is -0.372. The molecule has 8 nitrogen and oxygen atoms in total. The van der Waals surface area contributed by atoms with Crippen LogP contribution in [0.15, 0.2) is 41.2 Å². The highest BCUT2D eigenvalue weighted by atomic mass is 19.1. The monoisotopic (exact) mass is 514 g/mol. The van der Waals surface area contributed by atoms with E-state index in [4.69, 9.17) is 4.74 Å². The number of hydrogen-bond acceptors (Lipinski definition) is 7. The summed E-state index contributed by atoms with van der Waals surface area (Å²) in [6.07, 6.45) is 4.59. The standard InChI is InChI=1S/C29H31FN6O2/c1-34(28-25(16-32)29(37)35(2)26-12-5-21(15-31)33-27(26)28)22-8-10-24(11-9-22)36(17-19-13-14-38-18-19)23-6-3-20(30)4-7-23/h3-7,12,19,22,24H,8-11,13-14,17-18H2,1-2H3/t19-,22?,24?/m0/s1. The fourth-order valence-electron chi connectivity index (χ4n) is 5.94. The van der Waals surface area contributed by atoms with Gasteiger partial charge in [-0.2, -0.15) is 10.5 Å². The van der Waals surface area contributed by atoms with E-state index < -0.39 is 0 Å². The largest absolute Gasteiger partial charge is 0.381 e. The summed E-state index contributed by atoms with van der Waals surface area (Å²) in [6, 6.07) is 14.6. The number of hydrogen-bond donors (Lipinski definition) is 0. The number of aryl methyl sites for hydroxylation is 1. The lowest BCUT2D eigenvalue weighted by atomic mass is 9.88. The summed E-state index contributed by atoms with van der Waals surface area (Å²) in [7, 11) is 3.53. The van der Waals surface area contributed by atoms with Crippen LogP contribution in [0.1, 0.15) is 43.4 Å². The second-order valence-corrected chi connectivity index (χ2v) is 10.3. The van der Waals surface area contributed by atoms with Crippen molar-refractivity contribution in [1.29, 1.82) is 10.5 Å². The Hall–Kier alpha value is -3.95.